The third-order valence-corrected chi connectivity index (χ3v) is 5.99. The smallest absolute Gasteiger partial charge is 0.187 e. The van der Waals surface area contributed by atoms with Gasteiger partial charge in [0.25, 0.3) is 0 Å². The van der Waals surface area contributed by atoms with Gasteiger partial charge in [0.1, 0.15) is 0 Å². The lowest BCUT2D eigenvalue weighted by atomic mass is 10.1. The van der Waals surface area contributed by atoms with Crippen LogP contribution in [0.5, 0.6) is 0 Å². The maximum Gasteiger partial charge on any atom is 0.187 e. The number of nitrogens with zero attached hydrogens (tertiary/aromatic N) is 4. The van der Waals surface area contributed by atoms with E-state index in [1.807, 2.05) is 10.8 Å². The molecule has 0 amide bonds. The number of ether oxygens (including phenoxy) is 1. The van der Waals surface area contributed by atoms with E-state index in [1.54, 1.807) is 31.0 Å². The molecule has 0 saturated carbocycles. The van der Waals surface area contributed by atoms with Crippen LogP contribution in [0.1, 0.15) is 12.5 Å². The van der Waals surface area contributed by atoms with Gasteiger partial charge in [-0.1, -0.05) is 12.1 Å². The number of likely N-dealkylation sites (N-methyl/N-ethyl adjacent to an activating group) is 1. The van der Waals surface area contributed by atoms with E-state index in [1.165, 1.54) is 11.3 Å². The van der Waals surface area contributed by atoms with Gasteiger partial charge in [0.15, 0.2) is 5.13 Å². The fraction of sp³-hybridized carbons (Fsp3) is 0.250. The highest BCUT2D eigenvalue weighted by molar-refractivity contribution is 7.14. The Morgan fingerprint density at radius 2 is 2.00 bits per heavy atom. The van der Waals surface area contributed by atoms with Crippen molar-refractivity contribution < 1.29 is 4.74 Å². The molecule has 0 aliphatic carbocycles. The van der Waals surface area contributed by atoms with Crippen LogP contribution in [-0.4, -0.2) is 41.3 Å². The summed E-state index contributed by atoms with van der Waals surface area (Å²) in [7, 11) is 1.74. The molecular weight excluding hydrogens is 406 g/mol. The van der Waals surface area contributed by atoms with Crippen LogP contribution in [0.3, 0.4) is 0 Å². The predicted octanol–water partition coefficient (Wildman–Crippen LogP) is 5.52. The summed E-state index contributed by atoms with van der Waals surface area (Å²) in [4.78, 5) is 11.2. The molecule has 0 saturated heterocycles. The predicted molar refractivity (Wildman–Crippen MR) is 129 cm³/mol. The second-order valence-electron chi connectivity index (χ2n) is 7.25. The van der Waals surface area contributed by atoms with E-state index in [0.717, 1.165) is 47.5 Å². The molecule has 0 unspecified atom stereocenters. The van der Waals surface area contributed by atoms with Crippen molar-refractivity contribution in [3.63, 3.8) is 0 Å². The molecule has 0 atom stereocenters. The normalized spacial score (nSPS) is 10.9. The maximum absolute atomic E-state index is 5.23. The van der Waals surface area contributed by atoms with Crippen LogP contribution in [0.4, 0.5) is 16.5 Å². The van der Waals surface area contributed by atoms with Crippen molar-refractivity contribution in [2.75, 3.05) is 37.0 Å². The van der Waals surface area contributed by atoms with E-state index < -0.39 is 0 Å². The van der Waals surface area contributed by atoms with Crippen LogP contribution in [0.2, 0.25) is 0 Å². The maximum atomic E-state index is 5.23. The lowest BCUT2D eigenvalue weighted by molar-refractivity contribution is 0.205. The molecule has 6 nitrogen and oxygen atoms in total. The quantitative estimate of drug-likeness (QED) is 0.377. The number of anilines is 3. The summed E-state index contributed by atoms with van der Waals surface area (Å²) in [5, 5.41) is 6.45. The number of methoxy groups -OCH3 is 1. The Labute approximate surface area is 187 Å². The zero-order valence-corrected chi connectivity index (χ0v) is 18.9. The van der Waals surface area contributed by atoms with Gasteiger partial charge in [-0.15, -0.1) is 11.3 Å². The van der Waals surface area contributed by atoms with Crippen LogP contribution in [0.25, 0.3) is 16.9 Å². The average molecular weight is 434 g/mol. The van der Waals surface area contributed by atoms with Crippen LogP contribution in [0, 0.1) is 6.92 Å². The van der Waals surface area contributed by atoms with E-state index in [4.69, 9.17) is 9.72 Å². The molecular formula is C24H27N5OS. The number of hydrogen-bond donors (Lipinski definition) is 1. The molecule has 2 heterocycles. The fourth-order valence-electron chi connectivity index (χ4n) is 3.45. The zero-order valence-electron chi connectivity index (χ0n) is 18.1. The molecule has 2 aromatic carbocycles. The summed E-state index contributed by atoms with van der Waals surface area (Å²) in [5.41, 5.74) is 6.61. The molecule has 0 spiro atoms. The number of aryl methyl sites for hydroxylation is 1. The van der Waals surface area contributed by atoms with E-state index >= 15 is 0 Å². The summed E-state index contributed by atoms with van der Waals surface area (Å²) < 4.78 is 7.21. The van der Waals surface area contributed by atoms with E-state index in [9.17, 15) is 0 Å². The standard InChI is InChI=1S/C24H27N5OS/c1-4-28(13-14-30-3)21-9-10-22(18(2)15-21)26-24-27-23(16-31-24)19-5-7-20(8-6-19)29-12-11-25-17-29/h5-12,15-17H,4,13-14H2,1-3H3,(H,26,27). The summed E-state index contributed by atoms with van der Waals surface area (Å²) in [5.74, 6) is 0. The Kier molecular flexibility index (Phi) is 6.64. The van der Waals surface area contributed by atoms with Gasteiger partial charge in [0.2, 0.25) is 0 Å². The van der Waals surface area contributed by atoms with Gasteiger partial charge in [-0.3, -0.25) is 0 Å². The highest BCUT2D eigenvalue weighted by Gasteiger charge is 2.09. The number of hydrogen-bond acceptors (Lipinski definition) is 6. The molecule has 0 fully saturated rings. The molecule has 7 heteroatoms. The monoisotopic (exact) mass is 433 g/mol. The van der Waals surface area contributed by atoms with Gasteiger partial charge in [0.05, 0.1) is 18.6 Å². The molecule has 4 aromatic rings. The van der Waals surface area contributed by atoms with Crippen molar-refractivity contribution in [2.45, 2.75) is 13.8 Å². The summed E-state index contributed by atoms with van der Waals surface area (Å²) in [6, 6.07) is 14.8. The molecule has 0 aliphatic rings. The van der Waals surface area contributed by atoms with Gasteiger partial charge in [-0.05, 0) is 49.7 Å². The van der Waals surface area contributed by atoms with Crippen LogP contribution < -0.4 is 10.2 Å². The Bertz CT molecular complexity index is 1110. The molecule has 0 aliphatic heterocycles. The highest BCUT2D eigenvalue weighted by Crippen LogP contribution is 2.30. The number of thiazole rings is 1. The average Bonchev–Trinajstić information content (AvgIpc) is 3.49. The Morgan fingerprint density at radius 3 is 2.68 bits per heavy atom. The zero-order chi connectivity index (χ0) is 21.6. The summed E-state index contributed by atoms with van der Waals surface area (Å²) in [6.07, 6.45) is 5.51. The first kappa shape index (κ1) is 21.1. The lowest BCUT2D eigenvalue weighted by Gasteiger charge is -2.23. The van der Waals surface area contributed by atoms with Crippen molar-refractivity contribution in [1.29, 1.82) is 0 Å². The van der Waals surface area contributed by atoms with E-state index in [0.29, 0.717) is 0 Å². The minimum Gasteiger partial charge on any atom is -0.383 e. The van der Waals surface area contributed by atoms with Crippen molar-refractivity contribution in [3.8, 4) is 16.9 Å². The van der Waals surface area contributed by atoms with Gasteiger partial charge in [-0.2, -0.15) is 0 Å². The first-order valence-electron chi connectivity index (χ1n) is 10.3. The van der Waals surface area contributed by atoms with Gasteiger partial charge >= 0.3 is 0 Å². The lowest BCUT2D eigenvalue weighted by Crippen LogP contribution is -2.26. The van der Waals surface area contributed by atoms with Crippen LogP contribution >= 0.6 is 11.3 Å². The molecule has 31 heavy (non-hydrogen) atoms. The van der Waals surface area contributed by atoms with Crippen LogP contribution in [-0.2, 0) is 4.74 Å². The number of rotatable bonds is 9. The first-order valence-corrected chi connectivity index (χ1v) is 11.2. The first-order chi connectivity index (χ1) is 15.2. The van der Waals surface area contributed by atoms with Crippen LogP contribution in [0.15, 0.2) is 66.6 Å². The third kappa shape index (κ3) is 4.95. The Hall–Kier alpha value is -3.16. The van der Waals surface area contributed by atoms with Gasteiger partial charge in [0, 0.05) is 60.6 Å². The van der Waals surface area contributed by atoms with Gasteiger partial charge < -0.3 is 19.5 Å². The minimum atomic E-state index is 0.720. The molecule has 0 bridgehead atoms. The Morgan fingerprint density at radius 1 is 1.16 bits per heavy atom. The molecule has 160 valence electrons. The number of imidazole rings is 1. The van der Waals surface area contributed by atoms with Crippen molar-refractivity contribution in [2.24, 2.45) is 0 Å². The highest BCUT2D eigenvalue weighted by atomic mass is 32.1. The molecule has 1 N–H and O–H groups in total. The Balaban J connectivity index is 1.46. The topological polar surface area (TPSA) is 55.2 Å². The SMILES string of the molecule is CCN(CCOC)c1ccc(Nc2nc(-c3ccc(-n4ccnc4)cc3)cs2)c(C)c1. The summed E-state index contributed by atoms with van der Waals surface area (Å²) in [6.45, 7) is 6.84. The second-order valence-corrected chi connectivity index (χ2v) is 8.11. The number of aromatic nitrogens is 3. The number of benzene rings is 2. The summed E-state index contributed by atoms with van der Waals surface area (Å²) >= 11 is 1.61. The van der Waals surface area contributed by atoms with Gasteiger partial charge in [-0.25, -0.2) is 9.97 Å². The molecule has 4 rings (SSSR count). The fourth-order valence-corrected chi connectivity index (χ4v) is 4.18. The third-order valence-electron chi connectivity index (χ3n) is 5.23. The van der Waals surface area contributed by atoms with E-state index in [2.05, 4.69) is 76.9 Å². The number of nitrogens with one attached hydrogen (secondary N) is 1. The molecule has 2 aromatic heterocycles. The second kappa shape index (κ2) is 9.76. The molecule has 0 radical (unpaired) electrons. The van der Waals surface area contributed by atoms with E-state index in [-0.39, 0.29) is 0 Å². The van der Waals surface area contributed by atoms with Crippen molar-refractivity contribution in [3.05, 3.63) is 72.1 Å². The minimum absolute atomic E-state index is 0.720. The largest absolute Gasteiger partial charge is 0.383 e. The van der Waals surface area contributed by atoms with Crippen molar-refractivity contribution in [1.82, 2.24) is 14.5 Å². The van der Waals surface area contributed by atoms with Crippen molar-refractivity contribution >= 4 is 27.8 Å².